The first-order valence-electron chi connectivity index (χ1n) is 11.8. The first-order valence-corrected chi connectivity index (χ1v) is 11.8. The molecule has 1 amide bonds. The Kier molecular flexibility index (Phi) is 4.99. The van der Waals surface area contributed by atoms with Gasteiger partial charge >= 0.3 is 0 Å². The standard InChI is InChI=1S/C26H28N6O/c1-30-10-12-31(13-11-30)20-6-4-18(5-7-20)19-14-22-21-15-23(26(33)32-8-2-3-9-32)27-17-24(21)29-25(22)28-16-19/h4-7,14-17H,2-3,8-13H2,1H3,(H,28,29). The minimum atomic E-state index is 0.0207. The summed E-state index contributed by atoms with van der Waals surface area (Å²) in [5.41, 5.74) is 5.70. The average molecular weight is 441 g/mol. The van der Waals surface area contributed by atoms with E-state index in [0.29, 0.717) is 5.69 Å². The van der Waals surface area contributed by atoms with Crippen LogP contribution < -0.4 is 4.90 Å². The van der Waals surface area contributed by atoms with Crippen LogP contribution in [0.4, 0.5) is 5.69 Å². The maximum Gasteiger partial charge on any atom is 0.272 e. The number of piperazine rings is 1. The lowest BCUT2D eigenvalue weighted by atomic mass is 10.0. The molecular weight excluding hydrogens is 412 g/mol. The summed E-state index contributed by atoms with van der Waals surface area (Å²) in [5.74, 6) is 0.0207. The van der Waals surface area contributed by atoms with Crippen LogP contribution in [0.3, 0.4) is 0 Å². The highest BCUT2D eigenvalue weighted by molar-refractivity contribution is 6.09. The van der Waals surface area contributed by atoms with Crippen molar-refractivity contribution in [2.45, 2.75) is 12.8 Å². The fourth-order valence-electron chi connectivity index (χ4n) is 4.96. The minimum absolute atomic E-state index is 0.0207. The Morgan fingerprint density at radius 2 is 1.61 bits per heavy atom. The van der Waals surface area contributed by atoms with Crippen LogP contribution in [0.5, 0.6) is 0 Å². The lowest BCUT2D eigenvalue weighted by Crippen LogP contribution is -2.44. The van der Waals surface area contributed by atoms with E-state index in [2.05, 4.69) is 62.1 Å². The number of nitrogens with zero attached hydrogens (tertiary/aromatic N) is 5. The van der Waals surface area contributed by atoms with Gasteiger partial charge in [0.1, 0.15) is 11.3 Å². The van der Waals surface area contributed by atoms with Crippen molar-refractivity contribution in [3.05, 3.63) is 54.5 Å². The van der Waals surface area contributed by atoms with Crippen molar-refractivity contribution in [2.24, 2.45) is 0 Å². The van der Waals surface area contributed by atoms with Crippen LogP contribution in [-0.2, 0) is 0 Å². The molecule has 33 heavy (non-hydrogen) atoms. The Hall–Kier alpha value is -3.45. The average Bonchev–Trinajstić information content (AvgIpc) is 3.52. The van der Waals surface area contributed by atoms with Crippen LogP contribution in [0.2, 0.25) is 0 Å². The van der Waals surface area contributed by atoms with Crippen LogP contribution in [0, 0.1) is 0 Å². The zero-order chi connectivity index (χ0) is 22.4. The second-order valence-corrected chi connectivity index (χ2v) is 9.20. The van der Waals surface area contributed by atoms with Gasteiger partial charge in [0.15, 0.2) is 0 Å². The highest BCUT2D eigenvalue weighted by Gasteiger charge is 2.21. The van der Waals surface area contributed by atoms with Gasteiger partial charge in [0.05, 0.1) is 11.7 Å². The summed E-state index contributed by atoms with van der Waals surface area (Å²) in [4.78, 5) is 32.0. The first kappa shape index (κ1) is 20.2. The Bertz CT molecular complexity index is 1310. The van der Waals surface area contributed by atoms with Crippen LogP contribution in [-0.4, -0.2) is 77.0 Å². The number of amides is 1. The molecule has 1 aromatic carbocycles. The third-order valence-electron chi connectivity index (χ3n) is 7.02. The number of nitrogens with one attached hydrogen (secondary N) is 1. The van der Waals surface area contributed by atoms with Gasteiger partial charge in [-0.1, -0.05) is 12.1 Å². The summed E-state index contributed by atoms with van der Waals surface area (Å²) in [6.07, 6.45) is 5.81. The summed E-state index contributed by atoms with van der Waals surface area (Å²) < 4.78 is 0. The second kappa shape index (κ2) is 8.15. The smallest absolute Gasteiger partial charge is 0.272 e. The van der Waals surface area contributed by atoms with Crippen LogP contribution >= 0.6 is 0 Å². The van der Waals surface area contributed by atoms with Crippen LogP contribution in [0.15, 0.2) is 48.8 Å². The number of carbonyl (C=O) groups is 1. The number of H-pyrrole nitrogens is 1. The lowest BCUT2D eigenvalue weighted by Gasteiger charge is -2.34. The summed E-state index contributed by atoms with van der Waals surface area (Å²) >= 11 is 0. The number of anilines is 1. The van der Waals surface area contributed by atoms with E-state index < -0.39 is 0 Å². The molecule has 2 fully saturated rings. The van der Waals surface area contributed by atoms with Crippen molar-refractivity contribution in [1.82, 2.24) is 24.8 Å². The molecule has 5 heterocycles. The van der Waals surface area contributed by atoms with Crippen LogP contribution in [0.25, 0.3) is 33.1 Å². The van der Waals surface area contributed by atoms with Crippen molar-refractivity contribution in [3.63, 3.8) is 0 Å². The molecule has 1 N–H and O–H groups in total. The Labute approximate surface area is 193 Å². The SMILES string of the molecule is CN1CCN(c2ccc(-c3cnc4[nH]c5cnc(C(=O)N6CCCC6)cc5c4c3)cc2)CC1. The molecule has 0 aliphatic carbocycles. The molecule has 0 unspecified atom stereocenters. The lowest BCUT2D eigenvalue weighted by molar-refractivity contribution is 0.0787. The molecule has 168 valence electrons. The van der Waals surface area contributed by atoms with Gasteiger partial charge in [-0.15, -0.1) is 0 Å². The van der Waals surface area contributed by atoms with Crippen molar-refractivity contribution < 1.29 is 4.79 Å². The molecule has 4 aromatic rings. The van der Waals surface area contributed by atoms with E-state index in [1.54, 1.807) is 6.20 Å². The molecule has 7 heteroatoms. The molecule has 2 aliphatic rings. The summed E-state index contributed by atoms with van der Waals surface area (Å²) in [7, 11) is 2.18. The number of rotatable bonds is 3. The normalized spacial score (nSPS) is 17.4. The Morgan fingerprint density at radius 3 is 2.36 bits per heavy atom. The van der Waals surface area contributed by atoms with Crippen molar-refractivity contribution in [1.29, 1.82) is 0 Å². The summed E-state index contributed by atoms with van der Waals surface area (Å²) in [6, 6.07) is 12.8. The highest BCUT2D eigenvalue weighted by Crippen LogP contribution is 2.30. The predicted molar refractivity (Wildman–Crippen MR) is 132 cm³/mol. The Balaban J connectivity index is 1.32. The van der Waals surface area contributed by atoms with Gasteiger partial charge in [0.25, 0.3) is 5.91 Å². The Morgan fingerprint density at radius 1 is 0.848 bits per heavy atom. The molecule has 0 radical (unpaired) electrons. The van der Waals surface area contributed by atoms with Gasteiger partial charge in [-0.2, -0.15) is 0 Å². The number of likely N-dealkylation sites (tertiary alicyclic amines) is 1. The predicted octanol–water partition coefficient (Wildman–Crippen LogP) is 3.77. The maximum atomic E-state index is 12.8. The minimum Gasteiger partial charge on any atom is -0.369 e. The number of pyridine rings is 2. The quantitative estimate of drug-likeness (QED) is 0.525. The van der Waals surface area contributed by atoms with Gasteiger partial charge < -0.3 is 19.7 Å². The zero-order valence-electron chi connectivity index (χ0n) is 18.9. The molecule has 0 spiro atoms. The molecule has 0 bridgehead atoms. The van der Waals surface area contributed by atoms with E-state index in [9.17, 15) is 4.79 Å². The van der Waals surface area contributed by atoms with E-state index in [0.717, 1.165) is 85.2 Å². The van der Waals surface area contributed by atoms with Crippen molar-refractivity contribution in [2.75, 3.05) is 51.2 Å². The number of hydrogen-bond donors (Lipinski definition) is 1. The first-order chi connectivity index (χ1) is 16.2. The van der Waals surface area contributed by atoms with Crippen molar-refractivity contribution in [3.8, 4) is 11.1 Å². The van der Waals surface area contributed by atoms with Gasteiger partial charge in [-0.05, 0) is 49.7 Å². The molecular formula is C26H28N6O. The van der Waals surface area contributed by atoms with E-state index in [4.69, 9.17) is 0 Å². The molecule has 3 aromatic heterocycles. The number of likely N-dealkylation sites (N-methyl/N-ethyl adjacent to an activating group) is 1. The number of hydrogen-bond acceptors (Lipinski definition) is 5. The van der Waals surface area contributed by atoms with Gasteiger partial charge in [0, 0.05) is 67.5 Å². The fourth-order valence-corrected chi connectivity index (χ4v) is 4.96. The maximum absolute atomic E-state index is 12.8. The topological polar surface area (TPSA) is 68.4 Å². The van der Waals surface area contributed by atoms with E-state index >= 15 is 0 Å². The third-order valence-corrected chi connectivity index (χ3v) is 7.02. The summed E-state index contributed by atoms with van der Waals surface area (Å²) in [5, 5.41) is 2.01. The molecule has 2 saturated heterocycles. The van der Waals surface area contributed by atoms with Gasteiger partial charge in [-0.3, -0.25) is 4.79 Å². The molecule has 7 nitrogen and oxygen atoms in total. The third kappa shape index (κ3) is 3.72. The van der Waals surface area contributed by atoms with E-state index in [1.165, 1.54) is 5.69 Å². The molecule has 0 saturated carbocycles. The largest absolute Gasteiger partial charge is 0.369 e. The van der Waals surface area contributed by atoms with Gasteiger partial charge in [-0.25, -0.2) is 9.97 Å². The fraction of sp³-hybridized carbons (Fsp3) is 0.346. The number of aromatic nitrogens is 3. The number of fused-ring (bicyclic) bond motifs is 3. The van der Waals surface area contributed by atoms with Crippen LogP contribution in [0.1, 0.15) is 23.3 Å². The zero-order valence-corrected chi connectivity index (χ0v) is 18.9. The summed E-state index contributed by atoms with van der Waals surface area (Å²) in [6.45, 7) is 5.96. The van der Waals surface area contributed by atoms with Gasteiger partial charge in [0.2, 0.25) is 0 Å². The van der Waals surface area contributed by atoms with E-state index in [1.807, 2.05) is 17.2 Å². The molecule has 0 atom stereocenters. The van der Waals surface area contributed by atoms with E-state index in [-0.39, 0.29) is 5.91 Å². The highest BCUT2D eigenvalue weighted by atomic mass is 16.2. The van der Waals surface area contributed by atoms with Crippen molar-refractivity contribution >= 4 is 33.5 Å². The number of aromatic amines is 1. The molecule has 6 rings (SSSR count). The molecule has 2 aliphatic heterocycles. The number of carbonyl (C=O) groups excluding carboxylic acids is 1. The monoisotopic (exact) mass is 440 g/mol. The second-order valence-electron chi connectivity index (χ2n) is 9.20. The number of benzene rings is 1.